The van der Waals surface area contributed by atoms with Gasteiger partial charge in [-0.25, -0.2) is 0 Å². The number of ether oxygens (including phenoxy) is 5. The Bertz CT molecular complexity index is 974. The third kappa shape index (κ3) is 7.37. The summed E-state index contributed by atoms with van der Waals surface area (Å²) in [5, 5.41) is 136. The summed E-state index contributed by atoms with van der Waals surface area (Å²) in [6, 6.07) is -2.17. The van der Waals surface area contributed by atoms with Gasteiger partial charge in [0.1, 0.15) is 85.5 Å². The summed E-state index contributed by atoms with van der Waals surface area (Å²) in [4.78, 5) is 0. The minimum atomic E-state index is -1.92. The van der Waals surface area contributed by atoms with Gasteiger partial charge in [-0.2, -0.15) is 0 Å². The normalized spacial score (nSPS) is 51.2. The molecule has 0 bridgehead atoms. The highest BCUT2D eigenvalue weighted by Gasteiger charge is 2.53. The molecule has 19 nitrogen and oxygen atoms in total. The summed E-state index contributed by atoms with van der Waals surface area (Å²) in [5.41, 5.74) is 0.0241. The lowest BCUT2D eigenvalue weighted by Gasteiger charge is -2.49. The van der Waals surface area contributed by atoms with Gasteiger partial charge >= 0.3 is 0 Å². The maximum absolute atomic E-state index is 10.9. The van der Waals surface area contributed by atoms with Crippen LogP contribution in [0.1, 0.15) is 6.92 Å². The lowest BCUT2D eigenvalue weighted by Crippen LogP contribution is -2.68. The molecule has 14 N–H and O–H groups in total. The fourth-order valence-corrected chi connectivity index (χ4v) is 6.06. The highest BCUT2D eigenvalue weighted by atomic mass is 16.7. The maximum Gasteiger partial charge on any atom is 0.187 e. The van der Waals surface area contributed by atoms with Crippen LogP contribution in [-0.4, -0.2) is 209 Å². The van der Waals surface area contributed by atoms with Gasteiger partial charge in [-0.1, -0.05) is 6.08 Å². The summed E-state index contributed by atoms with van der Waals surface area (Å²) in [6.07, 6.45) is -25.5. The van der Waals surface area contributed by atoms with Gasteiger partial charge in [0.15, 0.2) is 12.6 Å². The Labute approximate surface area is 257 Å². The Morgan fingerprint density at radius 3 is 1.67 bits per heavy atom. The molecule has 0 aromatic rings. The molecule has 1 aliphatic carbocycles. The molecular weight excluding hydrogens is 614 g/mol. The largest absolute Gasteiger partial charge is 0.394 e. The van der Waals surface area contributed by atoms with Crippen LogP contribution in [0.15, 0.2) is 11.6 Å². The quantitative estimate of drug-likeness (QED) is 0.0968. The van der Waals surface area contributed by atoms with Crippen LogP contribution in [0.5, 0.6) is 0 Å². The standard InChI is InChI=1S/C26H45NO18/c1-7-13(27-9-2-8(3-28)14(32)18(36)15(9)33)17(35)21(39)25(41-7)44-24-12(6-31)43-26(22(40)20(24)38)45-23-11(5-30)42-10(4-29)16(34)19(23)37/h2,7,9-40H,3-6H2,1H3/t7?,9-,10-,11?,12?,13+,14+,15-,16?,17?,18-,19?,20?,21?,22?,23+,24+,25+,26+/m0/s1. The fraction of sp³-hybridized carbons (Fsp3) is 0.923. The first-order valence-electron chi connectivity index (χ1n) is 14.6. The van der Waals surface area contributed by atoms with Crippen molar-refractivity contribution in [1.29, 1.82) is 0 Å². The van der Waals surface area contributed by atoms with E-state index in [0.29, 0.717) is 0 Å². The van der Waals surface area contributed by atoms with Crippen molar-refractivity contribution in [1.82, 2.24) is 5.32 Å². The smallest absolute Gasteiger partial charge is 0.187 e. The average molecular weight is 660 g/mol. The van der Waals surface area contributed by atoms with E-state index in [1.54, 1.807) is 0 Å². The van der Waals surface area contributed by atoms with Crippen LogP contribution in [-0.2, 0) is 23.7 Å². The first-order chi connectivity index (χ1) is 21.3. The van der Waals surface area contributed by atoms with E-state index in [4.69, 9.17) is 23.7 Å². The molecule has 3 saturated heterocycles. The molecule has 3 aliphatic heterocycles. The zero-order valence-electron chi connectivity index (χ0n) is 24.2. The summed E-state index contributed by atoms with van der Waals surface area (Å²) in [7, 11) is 0. The SMILES string of the molecule is CC1O[C@H](O[C@@H]2C(CO)O[C@H](O[C@@H]3C(CO)O[C@@H](CO)C(O)C3O)C(O)C2O)C(O)C(O)[C@@H]1N[C@H]1C=C(CO)[C@@H](O)[C@H](O)[C@H]1O. The minimum Gasteiger partial charge on any atom is -0.394 e. The first-order valence-corrected chi connectivity index (χ1v) is 14.6. The van der Waals surface area contributed by atoms with Gasteiger partial charge in [-0.15, -0.1) is 0 Å². The molecule has 0 spiro atoms. The van der Waals surface area contributed by atoms with E-state index >= 15 is 0 Å². The topological polar surface area (TPSA) is 321 Å². The fourth-order valence-electron chi connectivity index (χ4n) is 6.06. The van der Waals surface area contributed by atoms with Crippen molar-refractivity contribution in [3.05, 3.63) is 11.6 Å². The van der Waals surface area contributed by atoms with Gasteiger partial charge in [-0.05, 0) is 12.5 Å². The van der Waals surface area contributed by atoms with E-state index in [1.165, 1.54) is 13.0 Å². The van der Waals surface area contributed by atoms with Crippen LogP contribution in [0.4, 0.5) is 0 Å². The second-order valence-corrected chi connectivity index (χ2v) is 11.7. The molecule has 0 aromatic heterocycles. The van der Waals surface area contributed by atoms with Gasteiger partial charge in [0.05, 0.1) is 44.6 Å². The van der Waals surface area contributed by atoms with Crippen LogP contribution in [0, 0.1) is 0 Å². The van der Waals surface area contributed by atoms with Gasteiger partial charge in [-0.3, -0.25) is 0 Å². The molecule has 0 radical (unpaired) electrons. The lowest BCUT2D eigenvalue weighted by atomic mass is 9.86. The Morgan fingerprint density at radius 1 is 0.600 bits per heavy atom. The highest BCUT2D eigenvalue weighted by Crippen LogP contribution is 2.33. The zero-order valence-corrected chi connectivity index (χ0v) is 24.2. The maximum atomic E-state index is 10.9. The first kappa shape index (κ1) is 36.8. The Hall–Kier alpha value is -1.02. The second-order valence-electron chi connectivity index (χ2n) is 11.7. The molecule has 4 aliphatic rings. The molecule has 19 atom stereocenters. The monoisotopic (exact) mass is 659 g/mol. The average Bonchev–Trinajstić information content (AvgIpc) is 3.03. The van der Waals surface area contributed by atoms with Gasteiger partial charge in [0.25, 0.3) is 0 Å². The predicted molar refractivity (Wildman–Crippen MR) is 143 cm³/mol. The van der Waals surface area contributed by atoms with Gasteiger partial charge in [0.2, 0.25) is 0 Å². The molecule has 4 rings (SSSR count). The molecule has 0 aromatic carbocycles. The number of hydrogen-bond acceptors (Lipinski definition) is 19. The van der Waals surface area contributed by atoms with E-state index in [-0.39, 0.29) is 5.57 Å². The lowest BCUT2D eigenvalue weighted by molar-refractivity contribution is -0.368. The van der Waals surface area contributed by atoms with E-state index in [0.717, 1.165) is 0 Å². The molecule has 0 saturated carbocycles. The van der Waals surface area contributed by atoms with Crippen molar-refractivity contribution < 1.29 is 90.1 Å². The summed E-state index contributed by atoms with van der Waals surface area (Å²) in [6.45, 7) is -1.36. The Morgan fingerprint density at radius 2 is 1.11 bits per heavy atom. The summed E-state index contributed by atoms with van der Waals surface area (Å²) in [5.74, 6) is 0. The van der Waals surface area contributed by atoms with Crippen LogP contribution < -0.4 is 5.32 Å². The third-order valence-corrected chi connectivity index (χ3v) is 8.78. The number of aliphatic hydroxyl groups is 13. The van der Waals surface area contributed by atoms with Crippen molar-refractivity contribution in [2.45, 2.75) is 123 Å². The molecule has 3 heterocycles. The minimum absolute atomic E-state index is 0.0241. The Balaban J connectivity index is 1.42. The Kier molecular flexibility index (Phi) is 12.7. The van der Waals surface area contributed by atoms with Crippen LogP contribution >= 0.6 is 0 Å². The number of rotatable bonds is 10. The number of nitrogens with one attached hydrogen (secondary N) is 1. The van der Waals surface area contributed by atoms with Crippen molar-refractivity contribution in [3.8, 4) is 0 Å². The van der Waals surface area contributed by atoms with Crippen molar-refractivity contribution in [2.75, 3.05) is 26.4 Å². The van der Waals surface area contributed by atoms with Gasteiger partial charge < -0.3 is 95.4 Å². The van der Waals surface area contributed by atoms with E-state index in [2.05, 4.69) is 5.32 Å². The highest BCUT2D eigenvalue weighted by molar-refractivity contribution is 5.22. The van der Waals surface area contributed by atoms with E-state index in [1.807, 2.05) is 0 Å². The number of hydrogen-bond donors (Lipinski definition) is 14. The van der Waals surface area contributed by atoms with Crippen LogP contribution in [0.25, 0.3) is 0 Å². The molecular formula is C26H45NO18. The van der Waals surface area contributed by atoms with Crippen LogP contribution in [0.2, 0.25) is 0 Å². The zero-order chi connectivity index (χ0) is 33.3. The second kappa shape index (κ2) is 15.5. The molecule has 9 unspecified atom stereocenters. The third-order valence-electron chi connectivity index (χ3n) is 8.78. The van der Waals surface area contributed by atoms with Crippen molar-refractivity contribution in [3.63, 3.8) is 0 Å². The molecule has 3 fully saturated rings. The summed E-state index contributed by atoms with van der Waals surface area (Å²) >= 11 is 0. The van der Waals surface area contributed by atoms with Crippen LogP contribution in [0.3, 0.4) is 0 Å². The van der Waals surface area contributed by atoms with E-state index in [9.17, 15) is 66.4 Å². The van der Waals surface area contributed by atoms with Crippen molar-refractivity contribution in [2.24, 2.45) is 0 Å². The predicted octanol–water partition coefficient (Wildman–Crippen LogP) is -8.52. The number of aliphatic hydroxyl groups excluding tert-OH is 13. The van der Waals surface area contributed by atoms with Crippen molar-refractivity contribution >= 4 is 0 Å². The van der Waals surface area contributed by atoms with Gasteiger partial charge in [0, 0.05) is 0 Å². The van der Waals surface area contributed by atoms with E-state index < -0.39 is 143 Å². The summed E-state index contributed by atoms with van der Waals surface area (Å²) < 4.78 is 27.9. The molecule has 262 valence electrons. The molecule has 0 amide bonds. The molecule has 19 heteroatoms. The molecule has 45 heavy (non-hydrogen) atoms.